The highest BCUT2D eigenvalue weighted by Gasteiger charge is 2.45. The van der Waals surface area contributed by atoms with Crippen LogP contribution in [0, 0.1) is 11.3 Å². The summed E-state index contributed by atoms with van der Waals surface area (Å²) in [6.07, 6.45) is 16.2. The van der Waals surface area contributed by atoms with E-state index in [4.69, 9.17) is 0 Å². The van der Waals surface area contributed by atoms with E-state index >= 15 is 0 Å². The molecule has 2 saturated carbocycles. The van der Waals surface area contributed by atoms with Crippen LogP contribution in [0.1, 0.15) is 70.6 Å². The monoisotopic (exact) mass is 358 g/mol. The van der Waals surface area contributed by atoms with Crippen LogP contribution in [0.3, 0.4) is 0 Å². The molecule has 3 aliphatic rings. The van der Waals surface area contributed by atoms with Crippen LogP contribution in [0.5, 0.6) is 0 Å². The van der Waals surface area contributed by atoms with Gasteiger partial charge in [0.1, 0.15) is 0 Å². The van der Waals surface area contributed by atoms with Crippen LogP contribution in [0.2, 0.25) is 0 Å². The predicted octanol–water partition coefficient (Wildman–Crippen LogP) is 3.98. The number of amides is 1. The average Bonchev–Trinajstić information content (AvgIpc) is 3.14. The Morgan fingerprint density at radius 2 is 1.73 bits per heavy atom. The van der Waals surface area contributed by atoms with E-state index in [-0.39, 0.29) is 5.41 Å². The van der Waals surface area contributed by atoms with Gasteiger partial charge >= 0.3 is 0 Å². The molecule has 1 amide bonds. The Hall–Kier alpha value is -1.29. The molecule has 3 fully saturated rings. The summed E-state index contributed by atoms with van der Waals surface area (Å²) in [5.41, 5.74) is -0.378. The number of likely N-dealkylation sites (tertiary alicyclic amines) is 1. The first-order valence-electron chi connectivity index (χ1n) is 10.7. The lowest BCUT2D eigenvalue weighted by Crippen LogP contribution is -2.55. The van der Waals surface area contributed by atoms with Crippen molar-refractivity contribution in [3.63, 3.8) is 0 Å². The Bertz CT molecular complexity index is 606. The zero-order valence-electron chi connectivity index (χ0n) is 16.0. The number of aromatic nitrogens is 1. The van der Waals surface area contributed by atoms with Gasteiger partial charge in [0.05, 0.1) is 5.60 Å². The zero-order valence-corrected chi connectivity index (χ0v) is 16.0. The summed E-state index contributed by atoms with van der Waals surface area (Å²) in [6.45, 7) is 2.48. The summed E-state index contributed by atoms with van der Waals surface area (Å²) in [6, 6.07) is 4.15. The third-order valence-corrected chi connectivity index (χ3v) is 7.40. The quantitative estimate of drug-likeness (QED) is 0.885. The standard InChI is InChI=1S/C22H34N2O2/c25-20(24-15-12-22(26)11-5-2-8-19(22)17-24)16-21(9-3-1-4-10-21)18-23-13-6-7-14-23/h6-7,13-14,19,26H,1-5,8-12,15-18H2/t19-,22+/m0/s1. The van der Waals surface area contributed by atoms with Crippen molar-refractivity contribution in [1.29, 1.82) is 0 Å². The molecule has 0 aromatic carbocycles. The second-order valence-corrected chi connectivity index (χ2v) is 9.23. The number of piperidine rings is 1. The number of rotatable bonds is 4. The zero-order chi connectivity index (χ0) is 18.0. The van der Waals surface area contributed by atoms with Gasteiger partial charge in [-0.05, 0) is 49.7 Å². The van der Waals surface area contributed by atoms with Crippen molar-refractivity contribution >= 4 is 5.91 Å². The molecule has 4 heteroatoms. The normalized spacial score (nSPS) is 31.4. The number of carbonyl (C=O) groups is 1. The summed E-state index contributed by atoms with van der Waals surface area (Å²) in [4.78, 5) is 15.3. The van der Waals surface area contributed by atoms with E-state index in [2.05, 4.69) is 34.0 Å². The maximum atomic E-state index is 13.2. The van der Waals surface area contributed by atoms with Crippen LogP contribution in [-0.2, 0) is 11.3 Å². The maximum Gasteiger partial charge on any atom is 0.223 e. The summed E-state index contributed by atoms with van der Waals surface area (Å²) in [5.74, 6) is 0.618. The highest BCUT2D eigenvalue weighted by molar-refractivity contribution is 5.77. The second-order valence-electron chi connectivity index (χ2n) is 9.23. The van der Waals surface area contributed by atoms with Crippen LogP contribution in [0.15, 0.2) is 24.5 Å². The van der Waals surface area contributed by atoms with E-state index in [9.17, 15) is 9.90 Å². The van der Waals surface area contributed by atoms with Crippen molar-refractivity contribution in [1.82, 2.24) is 9.47 Å². The first-order chi connectivity index (χ1) is 12.6. The third kappa shape index (κ3) is 3.71. The van der Waals surface area contributed by atoms with Crippen molar-refractivity contribution in [3.05, 3.63) is 24.5 Å². The van der Waals surface area contributed by atoms with Crippen LogP contribution in [0.4, 0.5) is 0 Å². The van der Waals surface area contributed by atoms with Gasteiger partial charge in [-0.2, -0.15) is 0 Å². The van der Waals surface area contributed by atoms with Gasteiger partial charge in [-0.3, -0.25) is 4.79 Å². The third-order valence-electron chi connectivity index (χ3n) is 7.40. The molecule has 1 N–H and O–H groups in total. The molecule has 0 spiro atoms. The molecule has 0 radical (unpaired) electrons. The SMILES string of the molecule is O=C(CC1(Cn2cccc2)CCCCC1)N1CC[C@]2(O)CCCC[C@H]2C1. The van der Waals surface area contributed by atoms with E-state index < -0.39 is 5.60 Å². The Morgan fingerprint density at radius 1 is 1.00 bits per heavy atom. The minimum Gasteiger partial charge on any atom is -0.389 e. The number of carbonyl (C=O) groups excluding carboxylic acids is 1. The fourth-order valence-corrected chi connectivity index (χ4v) is 5.79. The summed E-state index contributed by atoms with van der Waals surface area (Å²) in [5, 5.41) is 10.9. The molecule has 4 nitrogen and oxygen atoms in total. The topological polar surface area (TPSA) is 45.5 Å². The predicted molar refractivity (Wildman–Crippen MR) is 103 cm³/mol. The van der Waals surface area contributed by atoms with Crippen molar-refractivity contribution in [2.45, 2.75) is 82.8 Å². The number of nitrogens with zero attached hydrogens (tertiary/aromatic N) is 2. The number of hydrogen-bond acceptors (Lipinski definition) is 2. The molecule has 26 heavy (non-hydrogen) atoms. The first-order valence-corrected chi connectivity index (χ1v) is 10.7. The largest absolute Gasteiger partial charge is 0.389 e. The molecule has 144 valence electrons. The van der Waals surface area contributed by atoms with Crippen LogP contribution < -0.4 is 0 Å². The molecule has 1 aromatic heterocycles. The van der Waals surface area contributed by atoms with Gasteiger partial charge in [0, 0.05) is 44.4 Å². The lowest BCUT2D eigenvalue weighted by atomic mass is 9.69. The number of hydrogen-bond donors (Lipinski definition) is 1. The molecule has 1 saturated heterocycles. The maximum absolute atomic E-state index is 13.2. The molecule has 2 aliphatic carbocycles. The van der Waals surface area contributed by atoms with E-state index in [1.165, 1.54) is 25.7 Å². The van der Waals surface area contributed by atoms with Gasteiger partial charge in [0.25, 0.3) is 0 Å². The second kappa shape index (κ2) is 7.38. The van der Waals surface area contributed by atoms with Gasteiger partial charge < -0.3 is 14.6 Å². The Morgan fingerprint density at radius 3 is 2.50 bits per heavy atom. The highest BCUT2D eigenvalue weighted by atomic mass is 16.3. The van der Waals surface area contributed by atoms with E-state index in [1.807, 2.05) is 0 Å². The fourth-order valence-electron chi connectivity index (χ4n) is 5.79. The Labute approximate surface area is 157 Å². The molecule has 0 bridgehead atoms. The van der Waals surface area contributed by atoms with Crippen molar-refractivity contribution in [2.24, 2.45) is 11.3 Å². The van der Waals surface area contributed by atoms with Gasteiger partial charge in [-0.15, -0.1) is 0 Å². The molecular weight excluding hydrogens is 324 g/mol. The van der Waals surface area contributed by atoms with Crippen molar-refractivity contribution < 1.29 is 9.90 Å². The fraction of sp³-hybridized carbons (Fsp3) is 0.773. The lowest BCUT2D eigenvalue weighted by molar-refractivity contribution is -0.146. The van der Waals surface area contributed by atoms with Crippen molar-refractivity contribution in [3.8, 4) is 0 Å². The Kier molecular flexibility index (Phi) is 5.13. The van der Waals surface area contributed by atoms with E-state index in [0.717, 1.165) is 58.2 Å². The first kappa shape index (κ1) is 18.1. The van der Waals surface area contributed by atoms with Crippen LogP contribution >= 0.6 is 0 Å². The summed E-state index contributed by atoms with van der Waals surface area (Å²) >= 11 is 0. The number of fused-ring (bicyclic) bond motifs is 1. The number of aliphatic hydroxyl groups is 1. The molecule has 2 atom stereocenters. The minimum absolute atomic E-state index is 0.120. The highest BCUT2D eigenvalue weighted by Crippen LogP contribution is 2.43. The van der Waals surface area contributed by atoms with Gasteiger partial charge in [0.15, 0.2) is 0 Å². The smallest absolute Gasteiger partial charge is 0.223 e. The molecule has 0 unspecified atom stereocenters. The van der Waals surface area contributed by atoms with E-state index in [1.54, 1.807) is 0 Å². The summed E-state index contributed by atoms with van der Waals surface area (Å²) in [7, 11) is 0. The van der Waals surface area contributed by atoms with Crippen LogP contribution in [0.25, 0.3) is 0 Å². The van der Waals surface area contributed by atoms with Crippen LogP contribution in [-0.4, -0.2) is 39.2 Å². The molecule has 1 aromatic rings. The van der Waals surface area contributed by atoms with E-state index in [0.29, 0.717) is 18.2 Å². The molecule has 4 rings (SSSR count). The molecule has 2 heterocycles. The minimum atomic E-state index is -0.497. The average molecular weight is 359 g/mol. The van der Waals surface area contributed by atoms with Gasteiger partial charge in [-0.25, -0.2) is 0 Å². The van der Waals surface area contributed by atoms with Gasteiger partial charge in [0.2, 0.25) is 5.91 Å². The molecule has 1 aliphatic heterocycles. The summed E-state index contributed by atoms with van der Waals surface area (Å²) < 4.78 is 2.26. The lowest BCUT2D eigenvalue weighted by Gasteiger charge is -2.48. The Balaban J connectivity index is 1.43. The van der Waals surface area contributed by atoms with Crippen molar-refractivity contribution in [2.75, 3.05) is 13.1 Å². The van der Waals surface area contributed by atoms with Gasteiger partial charge in [-0.1, -0.05) is 32.1 Å². The molecular formula is C22H34N2O2.